The lowest BCUT2D eigenvalue weighted by Crippen LogP contribution is -2.23. The summed E-state index contributed by atoms with van der Waals surface area (Å²) in [5.74, 6) is -0.0254. The molecule has 1 rings (SSSR count). The fourth-order valence-electron chi connectivity index (χ4n) is 1.39. The normalized spacial score (nSPS) is 10.7. The molecule has 0 spiro atoms. The van der Waals surface area contributed by atoms with E-state index in [-0.39, 0.29) is 11.5 Å². The number of amidine groups is 1. The summed E-state index contributed by atoms with van der Waals surface area (Å²) in [6.45, 7) is 0.415. The molecule has 0 aliphatic carbocycles. The van der Waals surface area contributed by atoms with Gasteiger partial charge in [0, 0.05) is 12.6 Å². The number of nitrogens with two attached hydrogens (primary N) is 1. The molecule has 6 nitrogen and oxygen atoms in total. The van der Waals surface area contributed by atoms with Crippen molar-refractivity contribution in [2.24, 2.45) is 5.73 Å². The van der Waals surface area contributed by atoms with E-state index in [9.17, 15) is 4.79 Å². The monoisotopic (exact) mass is 263 g/mol. The van der Waals surface area contributed by atoms with Gasteiger partial charge in [-0.05, 0) is 17.7 Å². The number of methoxy groups -OCH3 is 2. The van der Waals surface area contributed by atoms with Crippen molar-refractivity contribution < 1.29 is 14.3 Å². The maximum atomic E-state index is 11.4. The Morgan fingerprint density at radius 2 is 2.00 bits per heavy atom. The lowest BCUT2D eigenvalue weighted by molar-refractivity contribution is -0.136. The van der Waals surface area contributed by atoms with Crippen LogP contribution in [0.5, 0.6) is 5.75 Å². The first kappa shape index (κ1) is 14.6. The molecule has 19 heavy (non-hydrogen) atoms. The summed E-state index contributed by atoms with van der Waals surface area (Å²) in [5, 5.41) is 10.0. The number of carbonyl (C=O) groups is 1. The number of carbonyl (C=O) groups excluding carboxylic acids is 1. The third-order valence-electron chi connectivity index (χ3n) is 2.35. The van der Waals surface area contributed by atoms with Crippen molar-refractivity contribution >= 4 is 11.8 Å². The van der Waals surface area contributed by atoms with Crippen LogP contribution in [0.4, 0.5) is 0 Å². The second kappa shape index (κ2) is 7.05. The number of rotatable bonds is 6. The molecule has 0 amide bonds. The highest BCUT2D eigenvalue weighted by atomic mass is 16.5. The molecule has 6 heteroatoms. The van der Waals surface area contributed by atoms with Gasteiger partial charge in [0.2, 0.25) is 0 Å². The molecule has 0 aromatic heterocycles. The van der Waals surface area contributed by atoms with E-state index in [2.05, 4.69) is 10.1 Å². The van der Waals surface area contributed by atoms with Crippen molar-refractivity contribution in [3.63, 3.8) is 0 Å². The van der Waals surface area contributed by atoms with Gasteiger partial charge in [-0.25, -0.2) is 4.79 Å². The largest absolute Gasteiger partial charge is 0.497 e. The first-order valence-corrected chi connectivity index (χ1v) is 5.57. The molecule has 0 radical (unpaired) electrons. The van der Waals surface area contributed by atoms with Crippen LogP contribution in [0.2, 0.25) is 0 Å². The molecule has 1 aromatic rings. The van der Waals surface area contributed by atoms with Crippen LogP contribution in [0.3, 0.4) is 0 Å². The van der Waals surface area contributed by atoms with Crippen molar-refractivity contribution in [3.05, 3.63) is 41.6 Å². The second-order valence-corrected chi connectivity index (χ2v) is 3.71. The minimum atomic E-state index is -0.566. The summed E-state index contributed by atoms with van der Waals surface area (Å²) in [6, 6.07) is 7.38. The van der Waals surface area contributed by atoms with E-state index in [0.29, 0.717) is 6.54 Å². The lowest BCUT2D eigenvalue weighted by atomic mass is 10.2. The van der Waals surface area contributed by atoms with Crippen molar-refractivity contribution in [2.75, 3.05) is 14.2 Å². The Morgan fingerprint density at radius 3 is 2.47 bits per heavy atom. The molecule has 0 aliphatic heterocycles. The number of benzene rings is 1. The molecule has 0 atom stereocenters. The Bertz CT molecular complexity index is 480. The number of nitrogens with one attached hydrogen (secondary N) is 2. The quantitative estimate of drug-likeness (QED) is 0.305. The molecule has 0 aliphatic rings. The van der Waals surface area contributed by atoms with E-state index in [0.717, 1.165) is 11.3 Å². The maximum absolute atomic E-state index is 11.4. The topological polar surface area (TPSA) is 97.4 Å². The highest BCUT2D eigenvalue weighted by Gasteiger charge is 2.09. The number of hydrogen-bond donors (Lipinski definition) is 3. The van der Waals surface area contributed by atoms with Gasteiger partial charge in [0.25, 0.3) is 0 Å². The van der Waals surface area contributed by atoms with E-state index in [1.165, 1.54) is 13.2 Å². The van der Waals surface area contributed by atoms with Crippen molar-refractivity contribution in [1.82, 2.24) is 5.32 Å². The number of ether oxygens (including phenoxy) is 2. The van der Waals surface area contributed by atoms with Gasteiger partial charge in [0.05, 0.1) is 14.2 Å². The zero-order valence-corrected chi connectivity index (χ0v) is 10.9. The molecule has 0 saturated carbocycles. The van der Waals surface area contributed by atoms with Crippen LogP contribution in [0, 0.1) is 5.41 Å². The summed E-state index contributed by atoms with van der Waals surface area (Å²) in [4.78, 5) is 11.4. The van der Waals surface area contributed by atoms with Gasteiger partial charge in [0.15, 0.2) is 0 Å². The highest BCUT2D eigenvalue weighted by Crippen LogP contribution is 2.11. The Hall–Kier alpha value is -2.50. The van der Waals surface area contributed by atoms with E-state index >= 15 is 0 Å². The predicted octanol–water partition coefficient (Wildman–Crippen LogP) is 0.778. The average Bonchev–Trinajstić information content (AvgIpc) is 2.42. The van der Waals surface area contributed by atoms with E-state index in [1.54, 1.807) is 7.11 Å². The zero-order valence-electron chi connectivity index (χ0n) is 10.9. The van der Waals surface area contributed by atoms with Crippen molar-refractivity contribution in [1.29, 1.82) is 5.41 Å². The molecule has 0 unspecified atom stereocenters. The molecule has 0 saturated heterocycles. The fourth-order valence-corrected chi connectivity index (χ4v) is 1.39. The Morgan fingerprint density at radius 1 is 1.37 bits per heavy atom. The average molecular weight is 263 g/mol. The predicted molar refractivity (Wildman–Crippen MR) is 71.8 cm³/mol. The second-order valence-electron chi connectivity index (χ2n) is 3.71. The first-order chi connectivity index (χ1) is 9.06. The third kappa shape index (κ3) is 4.71. The molecule has 1 aromatic carbocycles. The Balaban J connectivity index is 2.70. The summed E-state index contributed by atoms with van der Waals surface area (Å²) in [5.41, 5.74) is 6.34. The minimum absolute atomic E-state index is 0.144. The van der Waals surface area contributed by atoms with Crippen LogP contribution in [0.15, 0.2) is 36.0 Å². The summed E-state index contributed by atoms with van der Waals surface area (Å²) in [7, 11) is 2.86. The summed E-state index contributed by atoms with van der Waals surface area (Å²) in [6.07, 6.45) is 1.22. The summed E-state index contributed by atoms with van der Waals surface area (Å²) >= 11 is 0. The van der Waals surface area contributed by atoms with E-state index < -0.39 is 5.97 Å². The smallest absolute Gasteiger partial charge is 0.354 e. The molecule has 0 fully saturated rings. The number of esters is 1. The standard InChI is InChI=1S/C13H17N3O3/c1-18-10-5-3-9(4-6-10)8-16-11(7-12(14)15)13(17)19-2/h3-7,16H,8H2,1-2H3,(H3,14,15)/b11-7-. The van der Waals surface area contributed by atoms with Gasteiger partial charge >= 0.3 is 5.97 Å². The molecular weight excluding hydrogens is 246 g/mol. The first-order valence-electron chi connectivity index (χ1n) is 5.57. The molecule has 0 bridgehead atoms. The molecular formula is C13H17N3O3. The van der Waals surface area contributed by atoms with Crippen molar-refractivity contribution in [3.8, 4) is 5.75 Å². The molecule has 4 N–H and O–H groups in total. The van der Waals surface area contributed by atoms with Gasteiger partial charge in [-0.1, -0.05) is 12.1 Å². The van der Waals surface area contributed by atoms with Crippen molar-refractivity contribution in [2.45, 2.75) is 6.54 Å². The van der Waals surface area contributed by atoms with E-state index in [1.807, 2.05) is 24.3 Å². The number of hydrogen-bond acceptors (Lipinski definition) is 5. The van der Waals surface area contributed by atoms with Gasteiger partial charge in [-0.3, -0.25) is 5.41 Å². The lowest BCUT2D eigenvalue weighted by Gasteiger charge is -2.09. The maximum Gasteiger partial charge on any atom is 0.354 e. The van der Waals surface area contributed by atoms with Gasteiger partial charge in [-0.2, -0.15) is 0 Å². The Labute approximate surface area is 111 Å². The van der Waals surface area contributed by atoms with Crippen LogP contribution >= 0.6 is 0 Å². The minimum Gasteiger partial charge on any atom is -0.497 e. The van der Waals surface area contributed by atoms with Crippen LogP contribution in [0.1, 0.15) is 5.56 Å². The molecule has 102 valence electrons. The van der Waals surface area contributed by atoms with Gasteiger partial charge in [0.1, 0.15) is 17.3 Å². The third-order valence-corrected chi connectivity index (χ3v) is 2.35. The molecule has 0 heterocycles. The van der Waals surface area contributed by atoms with Crippen LogP contribution in [0.25, 0.3) is 0 Å². The highest BCUT2D eigenvalue weighted by molar-refractivity contribution is 5.98. The van der Waals surface area contributed by atoms with Gasteiger partial charge in [-0.15, -0.1) is 0 Å². The summed E-state index contributed by atoms with van der Waals surface area (Å²) < 4.78 is 9.65. The van der Waals surface area contributed by atoms with Crippen LogP contribution < -0.4 is 15.8 Å². The zero-order chi connectivity index (χ0) is 14.3. The fraction of sp³-hybridized carbons (Fsp3) is 0.231. The van der Waals surface area contributed by atoms with E-state index in [4.69, 9.17) is 15.9 Å². The van der Waals surface area contributed by atoms with Crippen LogP contribution in [-0.2, 0) is 16.1 Å². The SMILES string of the molecule is COC(=O)/C(=C/C(=N)N)NCc1ccc(OC)cc1. The van der Waals surface area contributed by atoms with Gasteiger partial charge < -0.3 is 20.5 Å². The Kier molecular flexibility index (Phi) is 5.40. The van der Waals surface area contributed by atoms with Crippen LogP contribution in [-0.4, -0.2) is 26.0 Å².